The van der Waals surface area contributed by atoms with Gasteiger partial charge < -0.3 is 15.2 Å². The monoisotopic (exact) mass is 499 g/mol. The molecule has 0 saturated heterocycles. The Morgan fingerprint density at radius 1 is 0.882 bits per heavy atom. The second-order valence-corrected chi connectivity index (χ2v) is 11.5. The highest BCUT2D eigenvalue weighted by Crippen LogP contribution is 2.15. The number of amides is 1. The summed E-state index contributed by atoms with van der Waals surface area (Å²) >= 11 is 1.51. The summed E-state index contributed by atoms with van der Waals surface area (Å²) in [4.78, 5) is 23.2. The van der Waals surface area contributed by atoms with Gasteiger partial charge in [0, 0.05) is 11.5 Å². The molecule has 0 aliphatic heterocycles. The second-order valence-electron chi connectivity index (χ2n) is 10.5. The van der Waals surface area contributed by atoms with Gasteiger partial charge in [0.25, 0.3) is 0 Å². The van der Waals surface area contributed by atoms with Crippen molar-refractivity contribution in [2.24, 2.45) is 0 Å². The molecule has 0 bridgehead atoms. The smallest absolute Gasteiger partial charge is 0.408 e. The van der Waals surface area contributed by atoms with Crippen LogP contribution in [0.25, 0.3) is 0 Å². The van der Waals surface area contributed by atoms with Gasteiger partial charge in [0.2, 0.25) is 0 Å². The molecule has 0 aromatic rings. The number of nitrogens with one attached hydrogen (secondary N) is 1. The fraction of sp³-hybridized carbons (Fsp3) is 0.857. The van der Waals surface area contributed by atoms with Crippen LogP contribution in [-0.4, -0.2) is 40.3 Å². The van der Waals surface area contributed by atoms with E-state index in [4.69, 9.17) is 4.74 Å². The zero-order valence-electron chi connectivity index (χ0n) is 22.8. The van der Waals surface area contributed by atoms with E-state index in [1.807, 2.05) is 0 Å². The van der Waals surface area contributed by atoms with Crippen LogP contribution in [0, 0.1) is 0 Å². The number of allylic oxidation sites excluding steroid dienone is 1. The summed E-state index contributed by atoms with van der Waals surface area (Å²) in [5.41, 5.74) is 0.714. The summed E-state index contributed by atoms with van der Waals surface area (Å²) in [5.74, 6) is 0.0306. The van der Waals surface area contributed by atoms with Crippen LogP contribution in [-0.2, 0) is 9.53 Å². The zero-order valence-corrected chi connectivity index (χ0v) is 23.6. The molecule has 0 spiro atoms. The first-order valence-electron chi connectivity index (χ1n) is 13.6. The Labute approximate surface area is 214 Å². The van der Waals surface area contributed by atoms with Crippen LogP contribution in [0.1, 0.15) is 131 Å². The average Bonchev–Trinajstić information content (AvgIpc) is 2.74. The third-order valence-electron chi connectivity index (χ3n) is 5.75. The van der Waals surface area contributed by atoms with Crippen molar-refractivity contribution in [3.8, 4) is 0 Å². The van der Waals surface area contributed by atoms with E-state index in [9.17, 15) is 14.7 Å². The molecule has 0 aromatic heterocycles. The van der Waals surface area contributed by atoms with Gasteiger partial charge in [-0.1, -0.05) is 102 Å². The van der Waals surface area contributed by atoms with Crippen LogP contribution in [0.2, 0.25) is 0 Å². The van der Waals surface area contributed by atoms with Gasteiger partial charge in [-0.05, 0) is 40.5 Å². The molecule has 2 N–H and O–H groups in total. The highest BCUT2D eigenvalue weighted by atomic mass is 32.2. The van der Waals surface area contributed by atoms with Crippen LogP contribution in [0.3, 0.4) is 0 Å². The normalized spacial score (nSPS) is 13.0. The van der Waals surface area contributed by atoms with E-state index >= 15 is 0 Å². The number of unbranched alkanes of at least 4 members (excludes halogenated alkanes) is 13. The van der Waals surface area contributed by atoms with Gasteiger partial charge in [-0.25, -0.2) is 9.59 Å². The Hall–Kier alpha value is -1.17. The first-order valence-corrected chi connectivity index (χ1v) is 14.8. The summed E-state index contributed by atoms with van der Waals surface area (Å²) < 4.78 is 5.14. The van der Waals surface area contributed by atoms with Gasteiger partial charge in [-0.3, -0.25) is 0 Å². The Balaban J connectivity index is 3.71. The summed E-state index contributed by atoms with van der Waals surface area (Å²) in [5, 5.41) is 11.8. The van der Waals surface area contributed by atoms with Crippen molar-refractivity contribution in [1.29, 1.82) is 0 Å². The summed E-state index contributed by atoms with van der Waals surface area (Å²) in [7, 11) is 0. The van der Waals surface area contributed by atoms with Gasteiger partial charge in [-0.2, -0.15) is 11.8 Å². The molecule has 0 aliphatic rings. The Morgan fingerprint density at radius 2 is 1.35 bits per heavy atom. The molecule has 0 heterocycles. The van der Waals surface area contributed by atoms with Gasteiger partial charge in [-0.15, -0.1) is 0 Å². The van der Waals surface area contributed by atoms with Crippen molar-refractivity contribution >= 4 is 23.8 Å². The highest BCUT2D eigenvalue weighted by Gasteiger charge is 2.23. The number of rotatable bonds is 21. The molecule has 6 heteroatoms. The molecule has 0 fully saturated rings. The van der Waals surface area contributed by atoms with Crippen molar-refractivity contribution < 1.29 is 19.4 Å². The first-order chi connectivity index (χ1) is 16.2. The maximum atomic E-state index is 11.8. The number of alkyl carbamates (subject to hydrolysis) is 1. The summed E-state index contributed by atoms with van der Waals surface area (Å²) in [6, 6.07) is -0.945. The second kappa shape index (κ2) is 21.1. The minimum Gasteiger partial charge on any atom is -0.480 e. The van der Waals surface area contributed by atoms with E-state index in [2.05, 4.69) is 25.2 Å². The number of hydrogen-bond acceptors (Lipinski definition) is 4. The Kier molecular flexibility index (Phi) is 20.4. The van der Waals surface area contributed by atoms with E-state index < -0.39 is 23.7 Å². The van der Waals surface area contributed by atoms with Crippen molar-refractivity contribution in [2.75, 3.05) is 11.5 Å². The molecule has 5 nitrogen and oxygen atoms in total. The lowest BCUT2D eigenvalue weighted by atomic mass is 10.0. The molecule has 200 valence electrons. The number of carbonyl (C=O) groups is 2. The number of carboxylic acids is 1. The van der Waals surface area contributed by atoms with Crippen molar-refractivity contribution in [3.63, 3.8) is 0 Å². The highest BCUT2D eigenvalue weighted by molar-refractivity contribution is 7.99. The molecular weight excluding hydrogens is 446 g/mol. The predicted molar refractivity (Wildman–Crippen MR) is 147 cm³/mol. The zero-order chi connectivity index (χ0) is 25.7. The fourth-order valence-electron chi connectivity index (χ4n) is 3.71. The number of thioether (sulfide) groups is 1. The van der Waals surface area contributed by atoms with Crippen LogP contribution >= 0.6 is 11.8 Å². The van der Waals surface area contributed by atoms with E-state index in [1.165, 1.54) is 107 Å². The molecule has 0 rings (SSSR count). The van der Waals surface area contributed by atoms with E-state index in [0.717, 1.165) is 12.2 Å². The third-order valence-corrected chi connectivity index (χ3v) is 6.72. The quantitative estimate of drug-likeness (QED) is 0.122. The summed E-state index contributed by atoms with van der Waals surface area (Å²) in [6.07, 6.45) is 21.8. The average molecular weight is 500 g/mol. The van der Waals surface area contributed by atoms with E-state index in [-0.39, 0.29) is 0 Å². The largest absolute Gasteiger partial charge is 0.480 e. The molecule has 34 heavy (non-hydrogen) atoms. The molecule has 0 unspecified atom stereocenters. The van der Waals surface area contributed by atoms with Crippen molar-refractivity contribution in [1.82, 2.24) is 5.32 Å². The maximum Gasteiger partial charge on any atom is 0.408 e. The molecule has 0 saturated carbocycles. The van der Waals surface area contributed by atoms with E-state index in [1.54, 1.807) is 20.8 Å². The van der Waals surface area contributed by atoms with Gasteiger partial charge in [0.05, 0.1) is 0 Å². The third kappa shape index (κ3) is 22.6. The lowest BCUT2D eigenvalue weighted by molar-refractivity contribution is -0.138. The predicted octanol–water partition coefficient (Wildman–Crippen LogP) is 8.52. The van der Waals surface area contributed by atoms with E-state index in [0.29, 0.717) is 5.75 Å². The number of aliphatic carboxylic acids is 1. The number of ether oxygens (including phenoxy) is 1. The van der Waals surface area contributed by atoms with Gasteiger partial charge in [0.15, 0.2) is 0 Å². The molecule has 1 amide bonds. The van der Waals surface area contributed by atoms with Crippen LogP contribution < -0.4 is 5.32 Å². The molecule has 0 aromatic carbocycles. The number of hydrogen-bond donors (Lipinski definition) is 2. The van der Waals surface area contributed by atoms with Crippen molar-refractivity contribution in [2.45, 2.75) is 143 Å². The lowest BCUT2D eigenvalue weighted by Crippen LogP contribution is -2.44. The minimum atomic E-state index is -1.04. The number of carboxylic acid groups (broad SMARTS) is 1. The Bertz CT molecular complexity index is 557. The molecule has 0 radical (unpaired) electrons. The SMILES string of the molecule is CCCCCCCCCCCCCCCC/C(C)=C/CSC[C@H](NC(=O)OC(C)(C)C)C(=O)O. The molecule has 0 aliphatic carbocycles. The molecule has 1 atom stereocenters. The first kappa shape index (κ1) is 32.8. The van der Waals surface area contributed by atoms with Gasteiger partial charge in [0.1, 0.15) is 11.6 Å². The van der Waals surface area contributed by atoms with Crippen LogP contribution in [0.5, 0.6) is 0 Å². The fourth-order valence-corrected chi connectivity index (χ4v) is 4.71. The standard InChI is InChI=1S/C28H53NO4S/c1-6-7-8-9-10-11-12-13-14-15-16-17-18-19-20-24(2)21-22-34-23-25(26(30)31)29-27(32)33-28(3,4)5/h21,25H,6-20,22-23H2,1-5H3,(H,29,32)(H,30,31)/b24-21+/t25-/m0/s1. The Morgan fingerprint density at radius 3 is 1.79 bits per heavy atom. The van der Waals surface area contributed by atoms with Gasteiger partial charge >= 0.3 is 12.1 Å². The number of carbonyl (C=O) groups excluding carboxylic acids is 1. The van der Waals surface area contributed by atoms with Crippen LogP contribution in [0.4, 0.5) is 4.79 Å². The van der Waals surface area contributed by atoms with Crippen LogP contribution in [0.15, 0.2) is 11.6 Å². The lowest BCUT2D eigenvalue weighted by Gasteiger charge is -2.21. The minimum absolute atomic E-state index is 0.317. The summed E-state index contributed by atoms with van der Waals surface area (Å²) in [6.45, 7) is 9.68. The van der Waals surface area contributed by atoms with Crippen molar-refractivity contribution in [3.05, 3.63) is 11.6 Å². The topological polar surface area (TPSA) is 75.6 Å². The maximum absolute atomic E-state index is 11.8. The molecular formula is C28H53NO4S.